The molecular formula is C22H24N4O. The lowest BCUT2D eigenvalue weighted by molar-refractivity contribution is 0.252. The fourth-order valence-electron chi connectivity index (χ4n) is 3.59. The summed E-state index contributed by atoms with van der Waals surface area (Å²) < 4.78 is 1.85. The van der Waals surface area contributed by atoms with Gasteiger partial charge in [0.05, 0.1) is 11.4 Å². The molecule has 0 atom stereocenters. The van der Waals surface area contributed by atoms with Crippen LogP contribution in [0.2, 0.25) is 0 Å². The maximum Gasteiger partial charge on any atom is 0.319 e. The number of fused-ring (bicyclic) bond motifs is 1. The standard InChI is InChI=1S/C22H24N4O/c27-22(24-21-12-6-8-17-7-4-5-11-20(17)21)23-15-13-18-14-16-26(25-18)19-9-2-1-3-10-19/h1-3,6,8-10,12,14,16H,4-5,7,11,13,15H2,(H2,23,24,27). The van der Waals surface area contributed by atoms with Crippen LogP contribution in [0.1, 0.15) is 29.7 Å². The Morgan fingerprint density at radius 2 is 1.85 bits per heavy atom. The third-order valence-corrected chi connectivity index (χ3v) is 4.98. The molecule has 1 aliphatic carbocycles. The second-order valence-corrected chi connectivity index (χ2v) is 6.87. The predicted molar refractivity (Wildman–Crippen MR) is 107 cm³/mol. The molecule has 0 saturated carbocycles. The Hall–Kier alpha value is -3.08. The minimum absolute atomic E-state index is 0.156. The minimum Gasteiger partial charge on any atom is -0.337 e. The molecule has 0 radical (unpaired) electrons. The van der Waals surface area contributed by atoms with Gasteiger partial charge in [0.1, 0.15) is 0 Å². The van der Waals surface area contributed by atoms with Crippen molar-refractivity contribution >= 4 is 11.7 Å². The Morgan fingerprint density at radius 1 is 1.00 bits per heavy atom. The summed E-state index contributed by atoms with van der Waals surface area (Å²) in [6.07, 6.45) is 7.22. The number of aryl methyl sites for hydroxylation is 1. The first-order chi connectivity index (χ1) is 13.3. The number of nitrogens with zero attached hydrogens (tertiary/aromatic N) is 2. The van der Waals surface area contributed by atoms with E-state index in [4.69, 9.17) is 0 Å². The van der Waals surface area contributed by atoms with Gasteiger partial charge in [-0.25, -0.2) is 9.48 Å². The van der Waals surface area contributed by atoms with E-state index < -0.39 is 0 Å². The molecule has 0 spiro atoms. The highest BCUT2D eigenvalue weighted by Crippen LogP contribution is 2.27. The quantitative estimate of drug-likeness (QED) is 0.719. The molecule has 1 aromatic heterocycles. The van der Waals surface area contributed by atoms with Gasteiger partial charge in [-0.1, -0.05) is 30.3 Å². The van der Waals surface area contributed by atoms with Crippen LogP contribution in [0.25, 0.3) is 5.69 Å². The number of anilines is 1. The largest absolute Gasteiger partial charge is 0.337 e. The van der Waals surface area contributed by atoms with Crippen molar-refractivity contribution in [3.05, 3.63) is 77.6 Å². The second-order valence-electron chi connectivity index (χ2n) is 6.87. The molecule has 0 saturated heterocycles. The van der Waals surface area contributed by atoms with Gasteiger partial charge in [-0.3, -0.25) is 0 Å². The Labute approximate surface area is 159 Å². The first-order valence-electron chi connectivity index (χ1n) is 9.55. The number of rotatable bonds is 5. The van der Waals surface area contributed by atoms with Gasteiger partial charge < -0.3 is 10.6 Å². The van der Waals surface area contributed by atoms with E-state index in [-0.39, 0.29) is 6.03 Å². The zero-order chi connectivity index (χ0) is 18.5. The first-order valence-corrected chi connectivity index (χ1v) is 9.55. The molecule has 2 amide bonds. The number of hydrogen-bond donors (Lipinski definition) is 2. The number of nitrogens with one attached hydrogen (secondary N) is 2. The molecule has 0 aliphatic heterocycles. The van der Waals surface area contributed by atoms with Crippen LogP contribution in [0.5, 0.6) is 0 Å². The second kappa shape index (κ2) is 8.08. The third-order valence-electron chi connectivity index (χ3n) is 4.98. The molecule has 1 heterocycles. The minimum atomic E-state index is -0.156. The maximum absolute atomic E-state index is 12.3. The molecule has 0 fully saturated rings. The van der Waals surface area contributed by atoms with E-state index in [9.17, 15) is 4.79 Å². The van der Waals surface area contributed by atoms with Crippen LogP contribution in [0, 0.1) is 0 Å². The van der Waals surface area contributed by atoms with Crippen molar-refractivity contribution in [1.29, 1.82) is 0 Å². The van der Waals surface area contributed by atoms with Crippen molar-refractivity contribution in [2.75, 3.05) is 11.9 Å². The lowest BCUT2D eigenvalue weighted by Crippen LogP contribution is -2.31. The Balaban J connectivity index is 1.30. The van der Waals surface area contributed by atoms with Gasteiger partial charge in [-0.2, -0.15) is 5.10 Å². The third kappa shape index (κ3) is 4.19. The zero-order valence-corrected chi connectivity index (χ0v) is 15.3. The average molecular weight is 360 g/mol. The van der Waals surface area contributed by atoms with Crippen LogP contribution < -0.4 is 10.6 Å². The van der Waals surface area contributed by atoms with Gasteiger partial charge in [0.2, 0.25) is 0 Å². The van der Waals surface area contributed by atoms with E-state index in [2.05, 4.69) is 21.8 Å². The Kier molecular flexibility index (Phi) is 5.19. The van der Waals surface area contributed by atoms with Crippen LogP contribution in [-0.2, 0) is 19.3 Å². The number of benzene rings is 2. The number of carbonyl (C=O) groups excluding carboxylic acids is 1. The summed E-state index contributed by atoms with van der Waals surface area (Å²) in [6, 6.07) is 18.0. The lowest BCUT2D eigenvalue weighted by Gasteiger charge is -2.19. The van der Waals surface area contributed by atoms with Crippen LogP contribution in [0.4, 0.5) is 10.5 Å². The number of urea groups is 1. The summed E-state index contributed by atoms with van der Waals surface area (Å²) in [4.78, 5) is 12.3. The molecule has 0 unspecified atom stereocenters. The fraction of sp³-hybridized carbons (Fsp3) is 0.273. The summed E-state index contributed by atoms with van der Waals surface area (Å²) in [5.74, 6) is 0. The molecule has 2 N–H and O–H groups in total. The average Bonchev–Trinajstić information content (AvgIpc) is 3.18. The van der Waals surface area contributed by atoms with Crippen molar-refractivity contribution in [2.24, 2.45) is 0 Å². The molecule has 3 aromatic rings. The topological polar surface area (TPSA) is 59.0 Å². The normalized spacial score (nSPS) is 13.0. The van der Waals surface area contributed by atoms with Crippen LogP contribution in [-0.4, -0.2) is 22.4 Å². The van der Waals surface area contributed by atoms with E-state index in [1.54, 1.807) is 0 Å². The van der Waals surface area contributed by atoms with Gasteiger partial charge in [0.15, 0.2) is 0 Å². The first kappa shape index (κ1) is 17.3. The van der Waals surface area contributed by atoms with E-state index in [1.807, 2.05) is 59.4 Å². The summed E-state index contributed by atoms with van der Waals surface area (Å²) >= 11 is 0. The Morgan fingerprint density at radius 3 is 2.74 bits per heavy atom. The lowest BCUT2D eigenvalue weighted by atomic mass is 9.90. The van der Waals surface area contributed by atoms with Crippen LogP contribution in [0.3, 0.4) is 0 Å². The fourth-order valence-corrected chi connectivity index (χ4v) is 3.59. The van der Waals surface area contributed by atoms with Crippen molar-refractivity contribution in [2.45, 2.75) is 32.1 Å². The summed E-state index contributed by atoms with van der Waals surface area (Å²) in [6.45, 7) is 0.548. The van der Waals surface area contributed by atoms with Gasteiger partial charge in [0, 0.05) is 24.8 Å². The van der Waals surface area contributed by atoms with Crippen LogP contribution in [0.15, 0.2) is 60.8 Å². The highest BCUT2D eigenvalue weighted by atomic mass is 16.2. The van der Waals surface area contributed by atoms with E-state index in [1.165, 1.54) is 24.0 Å². The van der Waals surface area contributed by atoms with Crippen molar-refractivity contribution in [3.8, 4) is 5.69 Å². The van der Waals surface area contributed by atoms with Crippen LogP contribution >= 0.6 is 0 Å². The van der Waals surface area contributed by atoms with Crippen molar-refractivity contribution in [3.63, 3.8) is 0 Å². The predicted octanol–water partition coefficient (Wildman–Crippen LogP) is 4.12. The molecule has 27 heavy (non-hydrogen) atoms. The SMILES string of the molecule is O=C(NCCc1ccn(-c2ccccc2)n1)Nc1cccc2c1CCCC2. The van der Waals surface area contributed by atoms with Gasteiger partial charge >= 0.3 is 6.03 Å². The molecular weight excluding hydrogens is 336 g/mol. The van der Waals surface area contributed by atoms with Crippen molar-refractivity contribution in [1.82, 2.24) is 15.1 Å². The number of amides is 2. The molecule has 5 nitrogen and oxygen atoms in total. The molecule has 5 heteroatoms. The monoisotopic (exact) mass is 360 g/mol. The molecule has 138 valence electrons. The summed E-state index contributed by atoms with van der Waals surface area (Å²) in [5.41, 5.74) is 5.59. The van der Waals surface area contributed by atoms with E-state index in [0.717, 1.165) is 29.9 Å². The van der Waals surface area contributed by atoms with Gasteiger partial charge in [-0.05, 0) is 61.1 Å². The maximum atomic E-state index is 12.3. The smallest absolute Gasteiger partial charge is 0.319 e. The molecule has 0 bridgehead atoms. The van der Waals surface area contributed by atoms with Crippen molar-refractivity contribution < 1.29 is 4.79 Å². The molecule has 2 aromatic carbocycles. The molecule has 1 aliphatic rings. The zero-order valence-electron chi connectivity index (χ0n) is 15.3. The van der Waals surface area contributed by atoms with Gasteiger partial charge in [-0.15, -0.1) is 0 Å². The summed E-state index contributed by atoms with van der Waals surface area (Å²) in [5, 5.41) is 10.5. The number of carbonyl (C=O) groups is 1. The van der Waals surface area contributed by atoms with E-state index >= 15 is 0 Å². The number of para-hydroxylation sites is 1. The molecule has 4 rings (SSSR count). The van der Waals surface area contributed by atoms with E-state index in [0.29, 0.717) is 13.0 Å². The highest BCUT2D eigenvalue weighted by Gasteiger charge is 2.14. The number of aromatic nitrogens is 2. The number of hydrogen-bond acceptors (Lipinski definition) is 2. The highest BCUT2D eigenvalue weighted by molar-refractivity contribution is 5.90. The summed E-state index contributed by atoms with van der Waals surface area (Å²) in [7, 11) is 0. The van der Waals surface area contributed by atoms with Gasteiger partial charge in [0.25, 0.3) is 0 Å². The Bertz CT molecular complexity index is 917.